The Labute approximate surface area is 151 Å². The summed E-state index contributed by atoms with van der Waals surface area (Å²) in [5, 5.41) is 21.5. The normalized spacial score (nSPS) is 18.8. The van der Waals surface area contributed by atoms with Crippen molar-refractivity contribution >= 4 is 11.9 Å². The molecular weight excluding hydrogens is 330 g/mol. The number of aromatic carboxylic acids is 1. The first-order valence-electron chi connectivity index (χ1n) is 8.31. The Balaban J connectivity index is 1.97. The van der Waals surface area contributed by atoms with Gasteiger partial charge in [0, 0.05) is 12.1 Å². The molecule has 2 aromatic rings. The fraction of sp³-hybridized carbons (Fsp3) is 0.238. The van der Waals surface area contributed by atoms with Crippen molar-refractivity contribution in [2.45, 2.75) is 13.3 Å². The van der Waals surface area contributed by atoms with Crippen molar-refractivity contribution in [3.05, 3.63) is 59.2 Å². The molecule has 1 aliphatic heterocycles. The van der Waals surface area contributed by atoms with Crippen LogP contribution in [0.4, 0.5) is 0 Å². The number of carboxylic acid groups (broad SMARTS) is 1. The summed E-state index contributed by atoms with van der Waals surface area (Å²) in [7, 11) is 0. The summed E-state index contributed by atoms with van der Waals surface area (Å²) in [5.74, 6) is 4.70. The monoisotopic (exact) mass is 349 g/mol. The van der Waals surface area contributed by atoms with Crippen LogP contribution in [-0.4, -0.2) is 35.2 Å². The molecule has 2 aromatic carbocycles. The molecule has 1 aliphatic rings. The third-order valence-electron chi connectivity index (χ3n) is 4.51. The van der Waals surface area contributed by atoms with Gasteiger partial charge >= 0.3 is 5.97 Å². The van der Waals surface area contributed by atoms with E-state index in [4.69, 9.17) is 0 Å². The predicted molar refractivity (Wildman–Crippen MR) is 97.6 cm³/mol. The van der Waals surface area contributed by atoms with E-state index in [-0.39, 0.29) is 18.1 Å². The van der Waals surface area contributed by atoms with E-state index in [1.54, 1.807) is 12.1 Å². The molecule has 0 radical (unpaired) electrons. The van der Waals surface area contributed by atoms with Crippen LogP contribution >= 0.6 is 0 Å². The summed E-state index contributed by atoms with van der Waals surface area (Å²) in [4.78, 5) is 23.2. The highest BCUT2D eigenvalue weighted by Gasteiger charge is 2.40. The van der Waals surface area contributed by atoms with Gasteiger partial charge in [-0.25, -0.2) is 4.79 Å². The molecule has 0 unspecified atom stereocenters. The topological polar surface area (TPSA) is 86.6 Å². The lowest BCUT2D eigenvalue weighted by atomic mass is 9.88. The van der Waals surface area contributed by atoms with Crippen molar-refractivity contribution in [1.29, 1.82) is 0 Å². The van der Waals surface area contributed by atoms with Gasteiger partial charge < -0.3 is 15.5 Å². The van der Waals surface area contributed by atoms with Crippen LogP contribution in [0.3, 0.4) is 0 Å². The zero-order valence-electron chi connectivity index (χ0n) is 14.4. The highest BCUT2D eigenvalue weighted by atomic mass is 16.4. The first kappa shape index (κ1) is 17.7. The standard InChI is InChI=1S/C21H19NO4/c1-14-9-17(12-18(10-14)19(24)25)16-4-2-3-15(11-16)5-6-21(13-23)7-8-22-20(21)26/h2-4,9-12,23H,7-8,13H2,1H3,(H,22,26)(H,24,25)/t21-/m0/s1. The third kappa shape index (κ3) is 3.46. The van der Waals surface area contributed by atoms with Gasteiger partial charge in [-0.3, -0.25) is 4.79 Å². The van der Waals surface area contributed by atoms with E-state index in [9.17, 15) is 19.8 Å². The lowest BCUT2D eigenvalue weighted by Gasteiger charge is -2.15. The van der Waals surface area contributed by atoms with E-state index in [2.05, 4.69) is 17.2 Å². The van der Waals surface area contributed by atoms with Crippen molar-refractivity contribution in [3.8, 4) is 23.0 Å². The molecule has 1 atom stereocenters. The Morgan fingerprint density at radius 3 is 2.69 bits per heavy atom. The molecular formula is C21H19NO4. The molecule has 26 heavy (non-hydrogen) atoms. The molecule has 0 bridgehead atoms. The van der Waals surface area contributed by atoms with E-state index in [1.807, 2.05) is 37.3 Å². The van der Waals surface area contributed by atoms with Crippen LogP contribution < -0.4 is 5.32 Å². The lowest BCUT2D eigenvalue weighted by Crippen LogP contribution is -2.33. The molecule has 5 nitrogen and oxygen atoms in total. The summed E-state index contributed by atoms with van der Waals surface area (Å²) >= 11 is 0. The maximum absolute atomic E-state index is 11.9. The van der Waals surface area contributed by atoms with Gasteiger partial charge in [-0.2, -0.15) is 0 Å². The van der Waals surface area contributed by atoms with E-state index in [0.29, 0.717) is 18.5 Å². The van der Waals surface area contributed by atoms with Crippen LogP contribution in [0.1, 0.15) is 27.9 Å². The van der Waals surface area contributed by atoms with Crippen molar-refractivity contribution in [2.24, 2.45) is 5.41 Å². The van der Waals surface area contributed by atoms with E-state index in [1.165, 1.54) is 0 Å². The Morgan fingerprint density at radius 2 is 2.04 bits per heavy atom. The summed E-state index contributed by atoms with van der Waals surface area (Å²) in [5.41, 5.74) is 2.39. The van der Waals surface area contributed by atoms with Crippen LogP contribution in [-0.2, 0) is 4.79 Å². The van der Waals surface area contributed by atoms with Gasteiger partial charge in [0.25, 0.3) is 0 Å². The zero-order valence-corrected chi connectivity index (χ0v) is 14.4. The summed E-state index contributed by atoms with van der Waals surface area (Å²) in [6, 6.07) is 12.6. The zero-order chi connectivity index (χ0) is 18.7. The second kappa shape index (κ2) is 7.03. The number of carboxylic acids is 1. The highest BCUT2D eigenvalue weighted by molar-refractivity contribution is 5.90. The largest absolute Gasteiger partial charge is 0.478 e. The molecule has 5 heteroatoms. The number of hydrogen-bond donors (Lipinski definition) is 3. The van der Waals surface area contributed by atoms with Crippen LogP contribution in [0.15, 0.2) is 42.5 Å². The highest BCUT2D eigenvalue weighted by Crippen LogP contribution is 2.26. The number of carbonyl (C=O) groups is 2. The molecule has 0 aliphatic carbocycles. The average molecular weight is 349 g/mol. The second-order valence-corrected chi connectivity index (χ2v) is 6.47. The quantitative estimate of drug-likeness (QED) is 0.742. The van der Waals surface area contributed by atoms with Crippen LogP contribution in [0, 0.1) is 24.2 Å². The number of nitrogens with one attached hydrogen (secondary N) is 1. The van der Waals surface area contributed by atoms with Crippen molar-refractivity contribution in [2.75, 3.05) is 13.2 Å². The van der Waals surface area contributed by atoms with E-state index < -0.39 is 11.4 Å². The minimum Gasteiger partial charge on any atom is -0.478 e. The second-order valence-electron chi connectivity index (χ2n) is 6.47. The van der Waals surface area contributed by atoms with Gasteiger partial charge in [0.1, 0.15) is 5.41 Å². The van der Waals surface area contributed by atoms with Crippen molar-refractivity contribution < 1.29 is 19.8 Å². The molecule has 1 amide bonds. The lowest BCUT2D eigenvalue weighted by molar-refractivity contribution is -0.126. The Bertz CT molecular complexity index is 939. The molecule has 3 rings (SSSR count). The Hall–Kier alpha value is -3.10. The summed E-state index contributed by atoms with van der Waals surface area (Å²) in [6.45, 7) is 2.05. The van der Waals surface area contributed by atoms with Gasteiger partial charge in [0.15, 0.2) is 0 Å². The Morgan fingerprint density at radius 1 is 1.23 bits per heavy atom. The number of aliphatic hydroxyl groups excluding tert-OH is 1. The van der Waals surface area contributed by atoms with E-state index in [0.717, 1.165) is 16.7 Å². The number of hydrogen-bond acceptors (Lipinski definition) is 3. The molecule has 132 valence electrons. The SMILES string of the molecule is Cc1cc(C(=O)O)cc(-c2cccc(C#C[C@@]3(CO)CCNC3=O)c2)c1. The average Bonchev–Trinajstić information content (AvgIpc) is 3.00. The molecule has 1 fully saturated rings. The first-order valence-corrected chi connectivity index (χ1v) is 8.31. The minimum absolute atomic E-state index is 0.235. The van der Waals surface area contributed by atoms with Crippen LogP contribution in [0.2, 0.25) is 0 Å². The van der Waals surface area contributed by atoms with Gasteiger partial charge in [-0.15, -0.1) is 0 Å². The third-order valence-corrected chi connectivity index (χ3v) is 4.51. The number of aliphatic hydroxyl groups is 1. The van der Waals surface area contributed by atoms with Crippen LogP contribution in [0.25, 0.3) is 11.1 Å². The number of rotatable bonds is 3. The summed E-state index contributed by atoms with van der Waals surface area (Å²) in [6.07, 6.45) is 0.481. The van der Waals surface area contributed by atoms with Crippen LogP contribution in [0.5, 0.6) is 0 Å². The molecule has 3 N–H and O–H groups in total. The number of benzene rings is 2. The predicted octanol–water partition coefficient (Wildman–Crippen LogP) is 2.21. The fourth-order valence-electron chi connectivity index (χ4n) is 3.02. The minimum atomic E-state index is -1.05. The number of aryl methyl sites for hydroxylation is 1. The van der Waals surface area contributed by atoms with E-state index >= 15 is 0 Å². The van der Waals surface area contributed by atoms with Gasteiger partial charge in [0.2, 0.25) is 5.91 Å². The Kier molecular flexibility index (Phi) is 4.79. The van der Waals surface area contributed by atoms with Gasteiger partial charge in [0.05, 0.1) is 12.2 Å². The smallest absolute Gasteiger partial charge is 0.335 e. The molecule has 0 spiro atoms. The van der Waals surface area contributed by atoms with Gasteiger partial charge in [-0.05, 0) is 54.3 Å². The maximum Gasteiger partial charge on any atom is 0.335 e. The number of amides is 1. The molecule has 1 saturated heterocycles. The molecule has 0 aromatic heterocycles. The number of carbonyl (C=O) groups excluding carboxylic acids is 1. The maximum atomic E-state index is 11.9. The summed E-state index contributed by atoms with van der Waals surface area (Å²) < 4.78 is 0. The van der Waals surface area contributed by atoms with Crippen molar-refractivity contribution in [1.82, 2.24) is 5.32 Å². The first-order chi connectivity index (χ1) is 12.4. The fourth-order valence-corrected chi connectivity index (χ4v) is 3.02. The molecule has 1 heterocycles. The van der Waals surface area contributed by atoms with Crippen molar-refractivity contribution in [3.63, 3.8) is 0 Å². The van der Waals surface area contributed by atoms with Gasteiger partial charge in [-0.1, -0.05) is 30.0 Å². The molecule has 0 saturated carbocycles.